The van der Waals surface area contributed by atoms with Crippen molar-refractivity contribution in [1.29, 1.82) is 0 Å². The summed E-state index contributed by atoms with van der Waals surface area (Å²) >= 11 is 0. The molecule has 2 heterocycles. The van der Waals surface area contributed by atoms with Crippen LogP contribution < -0.4 is 5.32 Å². The normalized spacial score (nSPS) is 22.1. The van der Waals surface area contributed by atoms with Crippen molar-refractivity contribution in [1.82, 2.24) is 10.3 Å². The highest BCUT2D eigenvalue weighted by Gasteiger charge is 2.39. The van der Waals surface area contributed by atoms with Gasteiger partial charge in [-0.05, 0) is 67.3 Å². The molecule has 0 bridgehead atoms. The van der Waals surface area contributed by atoms with Gasteiger partial charge in [0, 0.05) is 11.9 Å². The number of pyridine rings is 1. The Morgan fingerprint density at radius 2 is 2.00 bits per heavy atom. The average molecular weight is 230 g/mol. The summed E-state index contributed by atoms with van der Waals surface area (Å²) in [5, 5.41) is 3.48. The summed E-state index contributed by atoms with van der Waals surface area (Å²) in [7, 11) is 0. The van der Waals surface area contributed by atoms with Crippen LogP contribution in [0.2, 0.25) is 0 Å². The number of piperidine rings is 1. The van der Waals surface area contributed by atoms with E-state index in [1.54, 1.807) is 5.56 Å². The molecular formula is C15H22N2. The standard InChI is InChI=1S/C15H22N2/c1-11(2)12-3-6-17-14-10-15(9-13(12)14)4-7-16-8-5-15/h3,6,11,16H,4-5,7-10H2,1-2H3. The van der Waals surface area contributed by atoms with Gasteiger partial charge in [0.05, 0.1) is 0 Å². The van der Waals surface area contributed by atoms with Crippen LogP contribution in [-0.2, 0) is 12.8 Å². The Labute approximate surface area is 104 Å². The van der Waals surface area contributed by atoms with Crippen molar-refractivity contribution in [2.75, 3.05) is 13.1 Å². The Bertz CT molecular complexity index is 417. The molecule has 92 valence electrons. The molecule has 17 heavy (non-hydrogen) atoms. The molecule has 0 saturated carbocycles. The molecule has 2 aliphatic rings. The van der Waals surface area contributed by atoms with Gasteiger partial charge in [0.15, 0.2) is 0 Å². The summed E-state index contributed by atoms with van der Waals surface area (Å²) in [4.78, 5) is 4.63. The summed E-state index contributed by atoms with van der Waals surface area (Å²) in [5.41, 5.74) is 5.03. The minimum atomic E-state index is 0.533. The van der Waals surface area contributed by atoms with Crippen molar-refractivity contribution >= 4 is 0 Å². The zero-order valence-corrected chi connectivity index (χ0v) is 10.9. The van der Waals surface area contributed by atoms with Gasteiger partial charge in [-0.25, -0.2) is 0 Å². The van der Waals surface area contributed by atoms with E-state index < -0.39 is 0 Å². The third-order valence-corrected chi connectivity index (χ3v) is 4.56. The van der Waals surface area contributed by atoms with Crippen LogP contribution in [0.15, 0.2) is 12.3 Å². The van der Waals surface area contributed by atoms with Gasteiger partial charge in [0.2, 0.25) is 0 Å². The molecule has 0 amide bonds. The molecule has 0 atom stereocenters. The lowest BCUT2D eigenvalue weighted by atomic mass is 9.76. The largest absolute Gasteiger partial charge is 0.317 e. The lowest BCUT2D eigenvalue weighted by Gasteiger charge is -2.33. The second kappa shape index (κ2) is 4.09. The Morgan fingerprint density at radius 1 is 1.24 bits per heavy atom. The molecule has 1 spiro atoms. The van der Waals surface area contributed by atoms with E-state index in [9.17, 15) is 0 Å². The maximum absolute atomic E-state index is 4.63. The van der Waals surface area contributed by atoms with Crippen LogP contribution in [0.25, 0.3) is 0 Å². The van der Waals surface area contributed by atoms with Crippen molar-refractivity contribution in [3.05, 3.63) is 29.1 Å². The van der Waals surface area contributed by atoms with E-state index in [-0.39, 0.29) is 0 Å². The number of hydrogen-bond acceptors (Lipinski definition) is 2. The van der Waals surface area contributed by atoms with E-state index in [2.05, 4.69) is 30.2 Å². The van der Waals surface area contributed by atoms with Gasteiger partial charge in [-0.2, -0.15) is 0 Å². The molecule has 3 rings (SSSR count). The minimum Gasteiger partial charge on any atom is -0.317 e. The van der Waals surface area contributed by atoms with E-state index >= 15 is 0 Å². The molecule has 0 aromatic carbocycles. The second-order valence-corrected chi connectivity index (χ2v) is 6.08. The Kier molecular flexibility index (Phi) is 2.70. The molecular weight excluding hydrogens is 208 g/mol. The quantitative estimate of drug-likeness (QED) is 0.802. The average Bonchev–Trinajstić information content (AvgIpc) is 2.66. The van der Waals surface area contributed by atoms with Crippen LogP contribution in [0.3, 0.4) is 0 Å². The number of nitrogens with zero attached hydrogens (tertiary/aromatic N) is 1. The number of hydrogen-bond donors (Lipinski definition) is 1. The van der Waals surface area contributed by atoms with Crippen LogP contribution in [0.1, 0.15) is 49.4 Å². The summed E-state index contributed by atoms with van der Waals surface area (Å²) < 4.78 is 0. The summed E-state index contributed by atoms with van der Waals surface area (Å²) in [6, 6.07) is 2.23. The van der Waals surface area contributed by atoms with E-state index in [1.165, 1.54) is 50.0 Å². The van der Waals surface area contributed by atoms with Gasteiger partial charge in [-0.3, -0.25) is 4.98 Å². The number of fused-ring (bicyclic) bond motifs is 1. The van der Waals surface area contributed by atoms with Crippen molar-refractivity contribution in [2.24, 2.45) is 5.41 Å². The molecule has 2 heteroatoms. The number of aromatic nitrogens is 1. The highest BCUT2D eigenvalue weighted by Crippen LogP contribution is 2.44. The third-order valence-electron chi connectivity index (χ3n) is 4.56. The van der Waals surface area contributed by atoms with Gasteiger partial charge < -0.3 is 5.32 Å². The van der Waals surface area contributed by atoms with Crippen LogP contribution in [0.5, 0.6) is 0 Å². The fourth-order valence-electron chi connectivity index (χ4n) is 3.55. The van der Waals surface area contributed by atoms with Gasteiger partial charge in [0.25, 0.3) is 0 Å². The van der Waals surface area contributed by atoms with E-state index in [4.69, 9.17) is 0 Å². The predicted octanol–water partition coefficient (Wildman–Crippen LogP) is 2.67. The predicted molar refractivity (Wildman–Crippen MR) is 70.3 cm³/mol. The molecule has 1 aromatic heterocycles. The third kappa shape index (κ3) is 1.89. The Hall–Kier alpha value is -0.890. The molecule has 0 unspecified atom stereocenters. The zero-order chi connectivity index (χ0) is 11.9. The molecule has 1 saturated heterocycles. The summed E-state index contributed by atoms with van der Waals surface area (Å²) in [6.07, 6.45) is 7.13. The van der Waals surface area contributed by atoms with Gasteiger partial charge in [0.1, 0.15) is 0 Å². The van der Waals surface area contributed by atoms with E-state index in [0.29, 0.717) is 11.3 Å². The number of rotatable bonds is 1. The van der Waals surface area contributed by atoms with E-state index in [1.807, 2.05) is 6.20 Å². The topological polar surface area (TPSA) is 24.9 Å². The fraction of sp³-hybridized carbons (Fsp3) is 0.667. The second-order valence-electron chi connectivity index (χ2n) is 6.08. The molecule has 1 aromatic rings. The lowest BCUT2D eigenvalue weighted by molar-refractivity contribution is 0.214. The fourth-order valence-corrected chi connectivity index (χ4v) is 3.55. The van der Waals surface area contributed by atoms with Gasteiger partial charge >= 0.3 is 0 Å². The first-order chi connectivity index (χ1) is 8.20. The molecule has 0 radical (unpaired) electrons. The maximum atomic E-state index is 4.63. The zero-order valence-electron chi connectivity index (χ0n) is 10.9. The first kappa shape index (κ1) is 11.2. The van der Waals surface area contributed by atoms with Crippen molar-refractivity contribution in [3.8, 4) is 0 Å². The maximum Gasteiger partial charge on any atom is 0.0444 e. The van der Waals surface area contributed by atoms with Crippen molar-refractivity contribution in [2.45, 2.75) is 45.4 Å². The van der Waals surface area contributed by atoms with Crippen LogP contribution in [0.4, 0.5) is 0 Å². The Balaban J connectivity index is 1.94. The molecule has 1 aliphatic carbocycles. The van der Waals surface area contributed by atoms with Crippen molar-refractivity contribution < 1.29 is 0 Å². The first-order valence-electron chi connectivity index (χ1n) is 6.88. The van der Waals surface area contributed by atoms with Crippen molar-refractivity contribution in [3.63, 3.8) is 0 Å². The smallest absolute Gasteiger partial charge is 0.0444 e. The molecule has 1 fully saturated rings. The van der Waals surface area contributed by atoms with Gasteiger partial charge in [-0.1, -0.05) is 13.8 Å². The van der Waals surface area contributed by atoms with Crippen LogP contribution in [0, 0.1) is 5.41 Å². The first-order valence-corrected chi connectivity index (χ1v) is 6.88. The SMILES string of the molecule is CC(C)c1ccnc2c1CC1(CCNCC1)C2. The van der Waals surface area contributed by atoms with Crippen LogP contribution in [-0.4, -0.2) is 18.1 Å². The Morgan fingerprint density at radius 3 is 2.71 bits per heavy atom. The molecule has 1 aliphatic heterocycles. The monoisotopic (exact) mass is 230 g/mol. The number of nitrogens with one attached hydrogen (secondary N) is 1. The summed E-state index contributed by atoms with van der Waals surface area (Å²) in [6.45, 7) is 6.96. The lowest BCUT2D eigenvalue weighted by Crippen LogP contribution is -2.37. The minimum absolute atomic E-state index is 0.533. The molecule has 1 N–H and O–H groups in total. The highest BCUT2D eigenvalue weighted by atomic mass is 14.9. The van der Waals surface area contributed by atoms with E-state index in [0.717, 1.165) is 0 Å². The molecule has 2 nitrogen and oxygen atoms in total. The summed E-state index contributed by atoms with van der Waals surface area (Å²) in [5.74, 6) is 0.628. The highest BCUT2D eigenvalue weighted by molar-refractivity contribution is 5.38. The van der Waals surface area contributed by atoms with Crippen LogP contribution >= 0.6 is 0 Å². The van der Waals surface area contributed by atoms with Gasteiger partial charge in [-0.15, -0.1) is 0 Å².